The van der Waals surface area contributed by atoms with Gasteiger partial charge in [0.1, 0.15) is 5.38 Å². The number of nitrogens with one attached hydrogen (secondary N) is 1. The maximum absolute atomic E-state index is 12.1. The van der Waals surface area contributed by atoms with Crippen molar-refractivity contribution in [3.05, 3.63) is 70.3 Å². The van der Waals surface area contributed by atoms with Crippen LogP contribution in [0.4, 0.5) is 11.4 Å². The van der Waals surface area contributed by atoms with Crippen molar-refractivity contribution >= 4 is 44.8 Å². The molecule has 0 heterocycles. The van der Waals surface area contributed by atoms with E-state index in [2.05, 4.69) is 21.2 Å². The van der Waals surface area contributed by atoms with E-state index >= 15 is 0 Å². The first kappa shape index (κ1) is 16.5. The zero-order valence-corrected chi connectivity index (χ0v) is 13.6. The summed E-state index contributed by atoms with van der Waals surface area (Å²) in [5, 5.41) is 12.4. The highest BCUT2D eigenvalue weighted by atomic mass is 79.9. The predicted molar refractivity (Wildman–Crippen MR) is 89.5 cm³/mol. The maximum atomic E-state index is 12.1. The Labute approximate surface area is 140 Å². The fourth-order valence-corrected chi connectivity index (χ4v) is 2.56. The molecular formula is C15H12BrClN2O3. The van der Waals surface area contributed by atoms with Crippen LogP contribution in [0.15, 0.2) is 54.6 Å². The van der Waals surface area contributed by atoms with Crippen molar-refractivity contribution in [2.24, 2.45) is 0 Å². The van der Waals surface area contributed by atoms with E-state index in [1.165, 1.54) is 24.3 Å². The molecule has 2 aromatic rings. The van der Waals surface area contributed by atoms with Gasteiger partial charge in [-0.2, -0.15) is 0 Å². The molecule has 22 heavy (non-hydrogen) atoms. The summed E-state index contributed by atoms with van der Waals surface area (Å²) in [6.45, 7) is 0. The molecule has 7 heteroatoms. The van der Waals surface area contributed by atoms with E-state index in [9.17, 15) is 14.9 Å². The lowest BCUT2D eigenvalue weighted by molar-refractivity contribution is -0.384. The Balaban J connectivity index is 2.03. The number of amides is 1. The highest BCUT2D eigenvalue weighted by Crippen LogP contribution is 2.30. The zero-order chi connectivity index (χ0) is 16.1. The Hall–Kier alpha value is -1.92. The van der Waals surface area contributed by atoms with Gasteiger partial charge in [-0.1, -0.05) is 46.3 Å². The molecule has 0 aliphatic rings. The van der Waals surface area contributed by atoms with E-state index < -0.39 is 10.3 Å². The molecule has 0 saturated carbocycles. The summed E-state index contributed by atoms with van der Waals surface area (Å²) >= 11 is 9.59. The number of benzene rings is 2. The molecule has 0 fully saturated rings. The minimum atomic E-state index is -0.822. The Morgan fingerprint density at radius 1 is 1.14 bits per heavy atom. The molecule has 2 rings (SSSR count). The molecule has 0 radical (unpaired) electrons. The molecule has 0 saturated heterocycles. The minimum Gasteiger partial charge on any atom is -0.325 e. The fourth-order valence-electron chi connectivity index (χ4n) is 1.82. The van der Waals surface area contributed by atoms with Gasteiger partial charge in [-0.3, -0.25) is 14.9 Å². The van der Waals surface area contributed by atoms with Crippen LogP contribution in [-0.4, -0.2) is 16.2 Å². The normalized spacial score (nSPS) is 13.2. The number of rotatable bonds is 5. The molecule has 0 aliphatic carbocycles. The van der Waals surface area contributed by atoms with Crippen molar-refractivity contribution in [3.63, 3.8) is 0 Å². The van der Waals surface area contributed by atoms with Crippen LogP contribution in [-0.2, 0) is 4.79 Å². The Morgan fingerprint density at radius 2 is 1.73 bits per heavy atom. The van der Waals surface area contributed by atoms with Gasteiger partial charge in [0.05, 0.1) is 9.75 Å². The van der Waals surface area contributed by atoms with Gasteiger partial charge in [0.25, 0.3) is 5.69 Å². The van der Waals surface area contributed by atoms with E-state index in [4.69, 9.17) is 11.6 Å². The summed E-state index contributed by atoms with van der Waals surface area (Å²) in [5.41, 5.74) is 1.30. The van der Waals surface area contributed by atoms with E-state index in [1.807, 2.05) is 30.3 Å². The summed E-state index contributed by atoms with van der Waals surface area (Å²) in [7, 11) is 0. The standard InChI is InChI=1S/C15H12BrClN2O3/c16-13(10-4-2-1-3-5-10)14(17)15(20)18-11-6-8-12(9-7-11)19(21)22/h1-9,13-14H,(H,18,20)/t13-,14-/m0/s1. The second kappa shape index (κ2) is 7.38. The van der Waals surface area contributed by atoms with E-state index in [0.29, 0.717) is 5.69 Å². The number of nitro benzene ring substituents is 1. The van der Waals surface area contributed by atoms with Crippen LogP contribution in [0.2, 0.25) is 0 Å². The van der Waals surface area contributed by atoms with Gasteiger partial charge in [-0.05, 0) is 17.7 Å². The minimum absolute atomic E-state index is 0.0388. The lowest BCUT2D eigenvalue weighted by Gasteiger charge is -2.16. The fraction of sp³-hybridized carbons (Fsp3) is 0.133. The second-order valence-electron chi connectivity index (χ2n) is 4.51. The highest BCUT2D eigenvalue weighted by Gasteiger charge is 2.25. The number of nitrogens with zero attached hydrogens (tertiary/aromatic N) is 1. The number of nitro groups is 1. The third-order valence-corrected chi connectivity index (χ3v) is 4.78. The van der Waals surface area contributed by atoms with Crippen molar-refractivity contribution in [1.82, 2.24) is 0 Å². The molecule has 114 valence electrons. The number of anilines is 1. The number of alkyl halides is 2. The van der Waals surface area contributed by atoms with Crippen molar-refractivity contribution in [1.29, 1.82) is 0 Å². The van der Waals surface area contributed by atoms with Crippen LogP contribution in [0, 0.1) is 10.1 Å². The van der Waals surface area contributed by atoms with E-state index in [1.54, 1.807) is 0 Å². The highest BCUT2D eigenvalue weighted by molar-refractivity contribution is 9.09. The average molecular weight is 384 g/mol. The van der Waals surface area contributed by atoms with Crippen LogP contribution in [0.1, 0.15) is 10.4 Å². The van der Waals surface area contributed by atoms with Crippen molar-refractivity contribution in [3.8, 4) is 0 Å². The topological polar surface area (TPSA) is 72.2 Å². The quantitative estimate of drug-likeness (QED) is 0.476. The average Bonchev–Trinajstić information content (AvgIpc) is 2.54. The van der Waals surface area contributed by atoms with Gasteiger partial charge in [0.15, 0.2) is 0 Å². The monoisotopic (exact) mass is 382 g/mol. The van der Waals surface area contributed by atoms with Crippen LogP contribution < -0.4 is 5.32 Å². The van der Waals surface area contributed by atoms with Gasteiger partial charge < -0.3 is 5.32 Å². The summed E-state index contributed by atoms with van der Waals surface area (Å²) < 4.78 is 0. The smallest absolute Gasteiger partial charge is 0.269 e. The number of carbonyl (C=O) groups excluding carboxylic acids is 1. The summed E-state index contributed by atoms with van der Waals surface area (Å²) in [6, 6.07) is 14.9. The van der Waals surface area contributed by atoms with Gasteiger partial charge in [-0.15, -0.1) is 11.6 Å². The van der Waals surface area contributed by atoms with Gasteiger partial charge in [0.2, 0.25) is 5.91 Å². The molecule has 0 spiro atoms. The molecule has 1 N–H and O–H groups in total. The van der Waals surface area contributed by atoms with Crippen LogP contribution >= 0.6 is 27.5 Å². The van der Waals surface area contributed by atoms with E-state index in [-0.39, 0.29) is 16.4 Å². The first-order valence-electron chi connectivity index (χ1n) is 6.37. The molecule has 0 unspecified atom stereocenters. The third kappa shape index (κ3) is 4.05. The zero-order valence-electron chi connectivity index (χ0n) is 11.3. The number of halogens is 2. The summed E-state index contributed by atoms with van der Waals surface area (Å²) in [5.74, 6) is -0.388. The molecule has 5 nitrogen and oxygen atoms in total. The SMILES string of the molecule is O=C(Nc1ccc([N+](=O)[O-])cc1)[C@@H](Cl)[C@@H](Br)c1ccccc1. The first-order chi connectivity index (χ1) is 10.5. The lowest BCUT2D eigenvalue weighted by atomic mass is 10.1. The van der Waals surface area contributed by atoms with Gasteiger partial charge in [-0.25, -0.2) is 0 Å². The largest absolute Gasteiger partial charge is 0.325 e. The Bertz CT molecular complexity index is 664. The third-order valence-electron chi connectivity index (χ3n) is 2.97. The predicted octanol–water partition coefficient (Wildman–Crippen LogP) is 4.28. The summed E-state index contributed by atoms with van der Waals surface area (Å²) in [6.07, 6.45) is 0. The van der Waals surface area contributed by atoms with Crippen LogP contribution in [0.25, 0.3) is 0 Å². The molecule has 2 atom stereocenters. The van der Waals surface area contributed by atoms with Crippen molar-refractivity contribution < 1.29 is 9.72 Å². The second-order valence-corrected chi connectivity index (χ2v) is 5.96. The maximum Gasteiger partial charge on any atom is 0.269 e. The molecule has 0 aliphatic heterocycles. The van der Waals surface area contributed by atoms with Crippen molar-refractivity contribution in [2.45, 2.75) is 10.2 Å². The van der Waals surface area contributed by atoms with Crippen LogP contribution in [0.3, 0.4) is 0 Å². The molecule has 1 amide bonds. The molecule has 2 aromatic carbocycles. The first-order valence-corrected chi connectivity index (χ1v) is 7.72. The number of non-ortho nitro benzene ring substituents is 1. The molecule has 0 aromatic heterocycles. The molecular weight excluding hydrogens is 372 g/mol. The number of carbonyl (C=O) groups is 1. The molecule has 0 bridgehead atoms. The van der Waals surface area contributed by atoms with Gasteiger partial charge in [0, 0.05) is 17.8 Å². The number of hydrogen-bond acceptors (Lipinski definition) is 3. The van der Waals surface area contributed by atoms with Crippen molar-refractivity contribution in [2.75, 3.05) is 5.32 Å². The lowest BCUT2D eigenvalue weighted by Crippen LogP contribution is -2.26. The summed E-state index contributed by atoms with van der Waals surface area (Å²) in [4.78, 5) is 21.9. The van der Waals surface area contributed by atoms with Crippen LogP contribution in [0.5, 0.6) is 0 Å². The van der Waals surface area contributed by atoms with E-state index in [0.717, 1.165) is 5.56 Å². The number of hydrogen-bond donors (Lipinski definition) is 1. The Kier molecular flexibility index (Phi) is 5.51. The van der Waals surface area contributed by atoms with Gasteiger partial charge >= 0.3 is 0 Å². The Morgan fingerprint density at radius 3 is 2.27 bits per heavy atom.